The molecule has 2 heterocycles. The molecular formula is C38H52O12. The molecule has 0 saturated carbocycles. The molecule has 12 nitrogen and oxygen atoms in total. The maximum atomic E-state index is 11.9. The third-order valence-electron chi connectivity index (χ3n) is 8.02. The van der Waals surface area contributed by atoms with E-state index in [0.717, 1.165) is 22.3 Å². The Morgan fingerprint density at radius 2 is 0.980 bits per heavy atom. The van der Waals surface area contributed by atoms with Gasteiger partial charge in [0.1, 0.15) is 34.9 Å². The van der Waals surface area contributed by atoms with Crippen LogP contribution in [0.3, 0.4) is 0 Å². The van der Waals surface area contributed by atoms with E-state index in [0.29, 0.717) is 37.2 Å². The second kappa shape index (κ2) is 15.8. The number of hydrogen-bond acceptors (Lipinski definition) is 10. The lowest BCUT2D eigenvalue weighted by molar-refractivity contribution is -0.159. The largest absolute Gasteiger partial charge is 0.490 e. The molecular weight excluding hydrogens is 648 g/mol. The van der Waals surface area contributed by atoms with Gasteiger partial charge in [-0.25, -0.2) is 9.59 Å². The van der Waals surface area contributed by atoms with Crippen molar-refractivity contribution in [1.29, 1.82) is 0 Å². The number of carbonyl (C=O) groups excluding carboxylic acids is 2. The average Bonchev–Trinajstić information content (AvgIpc) is 2.95. The van der Waals surface area contributed by atoms with Gasteiger partial charge in [-0.1, -0.05) is 24.3 Å². The number of carbonyl (C=O) groups is 4. The standard InChI is InChI=1S/2C19H26O6/c2*1-18(2,3)25-16(20)10-12-5-8-15-13(9-12)6-7-14(24-15)11-19(4,23)17(21)22/h2*5,8-9,14,23H,6-7,10-11H2,1-4H3,(H,21,22)/t14-,19+;14-,19-/m11/s1. The molecule has 0 saturated heterocycles. The van der Waals surface area contributed by atoms with Crippen molar-refractivity contribution in [3.8, 4) is 11.5 Å². The maximum Gasteiger partial charge on any atom is 0.335 e. The van der Waals surface area contributed by atoms with Crippen LogP contribution in [-0.4, -0.2) is 78.9 Å². The highest BCUT2D eigenvalue weighted by Gasteiger charge is 2.36. The van der Waals surface area contributed by atoms with Crippen molar-refractivity contribution in [2.75, 3.05) is 0 Å². The first-order chi connectivity index (χ1) is 22.9. The van der Waals surface area contributed by atoms with Crippen molar-refractivity contribution in [2.45, 2.75) is 141 Å². The first-order valence-corrected chi connectivity index (χ1v) is 16.8. The van der Waals surface area contributed by atoms with Crippen molar-refractivity contribution < 1.29 is 58.6 Å². The molecule has 4 atom stereocenters. The van der Waals surface area contributed by atoms with Crippen LogP contribution in [0.2, 0.25) is 0 Å². The normalized spacial score (nSPS) is 19.3. The molecule has 0 fully saturated rings. The zero-order chi connectivity index (χ0) is 37.7. The highest BCUT2D eigenvalue weighted by molar-refractivity contribution is 5.77. The van der Waals surface area contributed by atoms with Crippen LogP contribution in [0.1, 0.15) is 103 Å². The molecule has 0 radical (unpaired) electrons. The number of rotatable bonds is 10. The van der Waals surface area contributed by atoms with Gasteiger partial charge in [0.05, 0.1) is 12.8 Å². The third kappa shape index (κ3) is 12.6. The number of hydrogen-bond donors (Lipinski definition) is 4. The van der Waals surface area contributed by atoms with Gasteiger partial charge in [-0.2, -0.15) is 0 Å². The Labute approximate surface area is 293 Å². The predicted molar refractivity (Wildman–Crippen MR) is 183 cm³/mol. The molecule has 50 heavy (non-hydrogen) atoms. The zero-order valence-corrected chi connectivity index (χ0v) is 30.3. The Morgan fingerprint density at radius 3 is 1.28 bits per heavy atom. The lowest BCUT2D eigenvalue weighted by atomic mass is 9.92. The summed E-state index contributed by atoms with van der Waals surface area (Å²) in [4.78, 5) is 45.9. The van der Waals surface area contributed by atoms with Crippen LogP contribution in [0.25, 0.3) is 0 Å². The van der Waals surface area contributed by atoms with Gasteiger partial charge in [-0.3, -0.25) is 9.59 Å². The molecule has 0 amide bonds. The first kappa shape index (κ1) is 40.3. The molecule has 12 heteroatoms. The lowest BCUT2D eigenvalue weighted by Gasteiger charge is -2.30. The fourth-order valence-electron chi connectivity index (χ4n) is 5.65. The van der Waals surface area contributed by atoms with Crippen LogP contribution in [0.4, 0.5) is 0 Å². The zero-order valence-electron chi connectivity index (χ0n) is 30.3. The summed E-state index contributed by atoms with van der Waals surface area (Å²) in [5.41, 5.74) is -0.969. The number of benzene rings is 2. The predicted octanol–water partition coefficient (Wildman–Crippen LogP) is 4.98. The van der Waals surface area contributed by atoms with Crippen LogP contribution < -0.4 is 9.47 Å². The van der Waals surface area contributed by atoms with E-state index < -0.39 is 34.3 Å². The monoisotopic (exact) mass is 700 g/mol. The smallest absolute Gasteiger partial charge is 0.335 e. The summed E-state index contributed by atoms with van der Waals surface area (Å²) in [7, 11) is 0. The van der Waals surface area contributed by atoms with Crippen molar-refractivity contribution in [3.05, 3.63) is 58.7 Å². The topological polar surface area (TPSA) is 186 Å². The van der Waals surface area contributed by atoms with E-state index in [1.54, 1.807) is 24.3 Å². The molecule has 2 aromatic rings. The molecule has 0 unspecified atom stereocenters. The highest BCUT2D eigenvalue weighted by Crippen LogP contribution is 2.33. The molecule has 4 rings (SSSR count). The van der Waals surface area contributed by atoms with Crippen molar-refractivity contribution >= 4 is 23.9 Å². The maximum absolute atomic E-state index is 11.9. The number of carboxylic acids is 2. The minimum Gasteiger partial charge on any atom is -0.490 e. The molecule has 0 aliphatic carbocycles. The van der Waals surface area contributed by atoms with Crippen LogP contribution in [-0.2, 0) is 54.3 Å². The fraction of sp³-hybridized carbons (Fsp3) is 0.579. The number of ether oxygens (including phenoxy) is 4. The van der Waals surface area contributed by atoms with Gasteiger partial charge < -0.3 is 39.4 Å². The highest BCUT2D eigenvalue weighted by atomic mass is 16.6. The molecule has 2 aliphatic rings. The number of esters is 2. The number of carboxylic acid groups (broad SMARTS) is 2. The summed E-state index contributed by atoms with van der Waals surface area (Å²) in [6, 6.07) is 11.0. The molecule has 2 aliphatic heterocycles. The van der Waals surface area contributed by atoms with E-state index in [9.17, 15) is 29.4 Å². The van der Waals surface area contributed by atoms with Gasteiger partial charge in [0.2, 0.25) is 0 Å². The van der Waals surface area contributed by atoms with Gasteiger partial charge in [0.15, 0.2) is 11.2 Å². The lowest BCUT2D eigenvalue weighted by Crippen LogP contribution is -2.41. The second-order valence-electron chi connectivity index (χ2n) is 15.5. The van der Waals surface area contributed by atoms with E-state index >= 15 is 0 Å². The summed E-state index contributed by atoms with van der Waals surface area (Å²) in [6.45, 7) is 13.5. The Hall–Kier alpha value is -4.16. The van der Waals surface area contributed by atoms with Crippen molar-refractivity contribution in [2.24, 2.45) is 0 Å². The molecule has 4 N–H and O–H groups in total. The number of fused-ring (bicyclic) bond motifs is 2. The Bertz CT molecular complexity index is 1430. The number of aliphatic hydroxyl groups is 2. The first-order valence-electron chi connectivity index (χ1n) is 16.8. The van der Waals surface area contributed by atoms with Crippen molar-refractivity contribution in [1.82, 2.24) is 0 Å². The van der Waals surface area contributed by atoms with Gasteiger partial charge in [0, 0.05) is 12.8 Å². The summed E-state index contributed by atoms with van der Waals surface area (Å²) in [5.74, 6) is -1.72. The molecule has 0 aromatic heterocycles. The molecule has 2 aromatic carbocycles. The molecule has 276 valence electrons. The average molecular weight is 701 g/mol. The van der Waals surface area contributed by atoms with E-state index in [-0.39, 0.29) is 49.8 Å². The minimum absolute atomic E-state index is 0.0292. The Morgan fingerprint density at radius 1 is 0.640 bits per heavy atom. The summed E-state index contributed by atoms with van der Waals surface area (Å²) < 4.78 is 22.3. The summed E-state index contributed by atoms with van der Waals surface area (Å²) >= 11 is 0. The Kier molecular flexibility index (Phi) is 12.7. The SMILES string of the molecule is CC(C)(C)OC(=O)Cc1ccc2c(c1)CC[C@H](C[C@@](C)(O)C(=O)O)O2.CC(C)(C)OC(=O)Cc1ccc2c(c1)CC[C@H](C[C@](C)(O)C(=O)O)O2. The molecule has 0 spiro atoms. The van der Waals surface area contributed by atoms with Crippen LogP contribution in [0.15, 0.2) is 36.4 Å². The van der Waals surface area contributed by atoms with Gasteiger partial charge in [-0.05, 0) is 115 Å². The Balaban J connectivity index is 0.000000270. The van der Waals surface area contributed by atoms with Gasteiger partial charge in [0.25, 0.3) is 0 Å². The van der Waals surface area contributed by atoms with E-state index in [1.807, 2.05) is 53.7 Å². The van der Waals surface area contributed by atoms with E-state index in [1.165, 1.54) is 13.8 Å². The second-order valence-corrected chi connectivity index (χ2v) is 15.5. The number of aryl methyl sites for hydroxylation is 2. The van der Waals surface area contributed by atoms with Crippen molar-refractivity contribution in [3.63, 3.8) is 0 Å². The van der Waals surface area contributed by atoms with E-state index in [4.69, 9.17) is 29.2 Å². The van der Waals surface area contributed by atoms with Crippen LogP contribution in [0.5, 0.6) is 11.5 Å². The van der Waals surface area contributed by atoms with E-state index in [2.05, 4.69) is 0 Å². The third-order valence-corrected chi connectivity index (χ3v) is 8.02. The van der Waals surface area contributed by atoms with Crippen LogP contribution >= 0.6 is 0 Å². The quantitative estimate of drug-likeness (QED) is 0.244. The number of aliphatic carboxylic acids is 2. The van der Waals surface area contributed by atoms with Gasteiger partial charge in [-0.15, -0.1) is 0 Å². The summed E-state index contributed by atoms with van der Waals surface area (Å²) in [5, 5.41) is 37.8. The minimum atomic E-state index is -1.81. The van der Waals surface area contributed by atoms with Crippen LogP contribution in [0, 0.1) is 0 Å². The molecule has 0 bridgehead atoms. The summed E-state index contributed by atoms with van der Waals surface area (Å²) in [6.07, 6.45) is 2.39. The fourth-order valence-corrected chi connectivity index (χ4v) is 5.65. The van der Waals surface area contributed by atoms with Gasteiger partial charge >= 0.3 is 23.9 Å².